The van der Waals surface area contributed by atoms with E-state index in [1.807, 2.05) is 36.9 Å². The van der Waals surface area contributed by atoms with Gasteiger partial charge in [-0.05, 0) is 39.7 Å². The van der Waals surface area contributed by atoms with Crippen LogP contribution >= 0.6 is 8.73 Å². The average Bonchev–Trinajstić information content (AvgIpc) is 3.00. The van der Waals surface area contributed by atoms with Crippen LogP contribution in [0.2, 0.25) is 0 Å². The summed E-state index contributed by atoms with van der Waals surface area (Å²) in [6.45, 7) is 2.09. The maximum absolute atomic E-state index is 14.3. The summed E-state index contributed by atoms with van der Waals surface area (Å²) in [7, 11) is 6.30. The predicted octanol–water partition coefficient (Wildman–Crippen LogP) is 3.41. The summed E-state index contributed by atoms with van der Waals surface area (Å²) >= 11 is 0. The van der Waals surface area contributed by atoms with Crippen LogP contribution < -0.4 is 9.57 Å². The molecule has 128 valence electrons. The fourth-order valence-corrected chi connectivity index (χ4v) is 3.06. The minimum Gasteiger partial charge on any atom is -0.355 e. The third kappa shape index (κ3) is 3.01. The van der Waals surface area contributed by atoms with Crippen molar-refractivity contribution < 1.29 is 4.39 Å². The van der Waals surface area contributed by atoms with Crippen LogP contribution in [-0.2, 0) is 7.05 Å². The number of halogens is 1. The number of hydrogen-bond donors (Lipinski definition) is 0. The summed E-state index contributed by atoms with van der Waals surface area (Å²) in [6.07, 6.45) is 1.77. The first-order valence-corrected chi connectivity index (χ1v) is 9.07. The second-order valence-corrected chi connectivity index (χ2v) is 6.77. The molecular formula is C17H18FN6P. The van der Waals surface area contributed by atoms with E-state index < -0.39 is 5.95 Å². The maximum atomic E-state index is 14.3. The molecule has 3 rings (SSSR count). The Morgan fingerprint density at radius 1 is 1.24 bits per heavy atom. The van der Waals surface area contributed by atoms with Crippen LogP contribution in [-0.4, -0.2) is 35.3 Å². The van der Waals surface area contributed by atoms with Crippen LogP contribution in [0.15, 0.2) is 30.6 Å². The van der Waals surface area contributed by atoms with Crippen LogP contribution in [0.5, 0.6) is 0 Å². The van der Waals surface area contributed by atoms with Crippen molar-refractivity contribution in [2.24, 2.45) is 7.05 Å². The van der Waals surface area contributed by atoms with Gasteiger partial charge in [0.25, 0.3) is 0 Å². The van der Waals surface area contributed by atoms with E-state index in [9.17, 15) is 4.39 Å². The lowest BCUT2D eigenvalue weighted by atomic mass is 10.2. The Hall–Kier alpha value is -2.71. The zero-order chi connectivity index (χ0) is 18.1. The molecule has 3 aromatic rings. The van der Waals surface area contributed by atoms with Crippen LogP contribution in [0.25, 0.3) is 11.0 Å². The summed E-state index contributed by atoms with van der Waals surface area (Å²) < 4.78 is 18.4. The van der Waals surface area contributed by atoms with E-state index >= 15 is 0 Å². The Kier molecular flexibility index (Phi) is 4.56. The van der Waals surface area contributed by atoms with E-state index in [1.54, 1.807) is 24.3 Å². The molecule has 0 N–H and O–H groups in total. The van der Waals surface area contributed by atoms with Gasteiger partial charge in [-0.25, -0.2) is 9.97 Å². The normalized spacial score (nSPS) is 11.2. The minimum absolute atomic E-state index is 0.0596. The fourth-order valence-electron chi connectivity index (χ4n) is 2.65. The number of pyridine rings is 1. The van der Waals surface area contributed by atoms with Gasteiger partial charge in [-0.2, -0.15) is 9.65 Å². The molecule has 6 nitrogen and oxygen atoms in total. The molecule has 0 fully saturated rings. The number of nitriles is 1. The molecule has 2 aromatic heterocycles. The number of fused-ring (bicyclic) bond motifs is 1. The molecule has 0 bridgehead atoms. The molecule has 0 radical (unpaired) electrons. The van der Waals surface area contributed by atoms with Gasteiger partial charge in [0.05, 0.1) is 23.2 Å². The van der Waals surface area contributed by atoms with E-state index in [0.29, 0.717) is 14.4 Å². The van der Waals surface area contributed by atoms with Crippen LogP contribution in [0.1, 0.15) is 5.69 Å². The molecule has 0 saturated carbocycles. The third-order valence-electron chi connectivity index (χ3n) is 4.18. The number of aryl methyl sites for hydroxylation is 1. The van der Waals surface area contributed by atoms with Gasteiger partial charge < -0.3 is 14.1 Å². The number of benzene rings is 1. The Balaban J connectivity index is 2.15. The molecule has 0 aliphatic heterocycles. The highest BCUT2D eigenvalue weighted by molar-refractivity contribution is 7.39. The molecule has 0 aliphatic rings. The van der Waals surface area contributed by atoms with Crippen molar-refractivity contribution in [2.75, 3.05) is 30.3 Å². The Morgan fingerprint density at radius 3 is 2.64 bits per heavy atom. The maximum Gasteiger partial charge on any atom is 0.238 e. The van der Waals surface area contributed by atoms with Crippen molar-refractivity contribution in [1.29, 1.82) is 5.26 Å². The Labute approximate surface area is 147 Å². The summed E-state index contributed by atoms with van der Waals surface area (Å²) in [5, 5.41) is 8.85. The number of imidazole rings is 1. The highest BCUT2D eigenvalue weighted by Crippen LogP contribution is 2.36. The molecule has 0 spiro atoms. The van der Waals surface area contributed by atoms with Crippen molar-refractivity contribution >= 4 is 36.8 Å². The molecule has 0 aliphatic carbocycles. The van der Waals surface area contributed by atoms with Gasteiger partial charge in [-0.1, -0.05) is 0 Å². The van der Waals surface area contributed by atoms with Gasteiger partial charge in [0.15, 0.2) is 0 Å². The number of anilines is 3. The molecular weight excluding hydrogens is 338 g/mol. The smallest absolute Gasteiger partial charge is 0.238 e. The lowest BCUT2D eigenvalue weighted by molar-refractivity contribution is 0.582. The first kappa shape index (κ1) is 17.1. The van der Waals surface area contributed by atoms with Crippen LogP contribution in [0.4, 0.5) is 21.5 Å². The van der Waals surface area contributed by atoms with E-state index in [4.69, 9.17) is 5.26 Å². The predicted molar refractivity (Wildman–Crippen MR) is 100 cm³/mol. The zero-order valence-electron chi connectivity index (χ0n) is 14.4. The Morgan fingerprint density at radius 2 is 2.00 bits per heavy atom. The van der Waals surface area contributed by atoms with Crippen molar-refractivity contribution in [3.63, 3.8) is 0 Å². The van der Waals surface area contributed by atoms with E-state index in [0.717, 1.165) is 22.4 Å². The molecule has 1 atom stereocenters. The van der Waals surface area contributed by atoms with E-state index in [2.05, 4.69) is 21.3 Å². The van der Waals surface area contributed by atoms with Crippen molar-refractivity contribution in [3.05, 3.63) is 42.2 Å². The van der Waals surface area contributed by atoms with Crippen molar-refractivity contribution in [3.8, 4) is 6.07 Å². The molecule has 1 unspecified atom stereocenters. The largest absolute Gasteiger partial charge is 0.355 e. The van der Waals surface area contributed by atoms with Gasteiger partial charge >= 0.3 is 0 Å². The van der Waals surface area contributed by atoms with Crippen molar-refractivity contribution in [2.45, 2.75) is 0 Å². The molecule has 25 heavy (non-hydrogen) atoms. The number of rotatable bonds is 4. The molecule has 0 saturated heterocycles. The van der Waals surface area contributed by atoms with Crippen LogP contribution in [0.3, 0.4) is 0 Å². The molecule has 8 heteroatoms. The zero-order valence-corrected chi connectivity index (χ0v) is 15.4. The van der Waals surface area contributed by atoms with Crippen molar-refractivity contribution in [1.82, 2.24) is 14.5 Å². The van der Waals surface area contributed by atoms with Gasteiger partial charge in [-0.3, -0.25) is 0 Å². The molecule has 1 aromatic carbocycles. The highest BCUT2D eigenvalue weighted by Gasteiger charge is 2.17. The second-order valence-electron chi connectivity index (χ2n) is 5.65. The SMILES string of the molecule is CPN(C)c1cc(N(C)c2ccc(C#N)nc2F)cc2c1ncn2C. The van der Waals surface area contributed by atoms with Crippen LogP contribution in [0, 0.1) is 17.3 Å². The van der Waals surface area contributed by atoms with Gasteiger partial charge in [0.2, 0.25) is 5.95 Å². The lowest BCUT2D eigenvalue weighted by Gasteiger charge is -2.23. The number of nitrogens with zero attached hydrogens (tertiary/aromatic N) is 6. The fraction of sp³-hybridized carbons (Fsp3) is 0.235. The van der Waals surface area contributed by atoms with Gasteiger partial charge in [0, 0.05) is 26.8 Å². The summed E-state index contributed by atoms with van der Waals surface area (Å²) in [5.74, 6) is -0.668. The summed E-state index contributed by atoms with van der Waals surface area (Å²) in [6, 6.07) is 8.89. The topological polar surface area (TPSA) is 61.0 Å². The standard InChI is InChI=1S/C17H18FN6P/c1-22-10-20-16-14(22)7-12(8-15(16)24(3)25-4)23(2)13-6-5-11(9-19)21-17(13)18/h5-8,10,25H,1-4H3. The monoisotopic (exact) mass is 356 g/mol. The van der Waals surface area contributed by atoms with Gasteiger partial charge in [0.1, 0.15) is 17.3 Å². The lowest BCUT2D eigenvalue weighted by Crippen LogP contribution is -2.14. The quantitative estimate of drug-likeness (QED) is 0.530. The summed E-state index contributed by atoms with van der Waals surface area (Å²) in [4.78, 5) is 9.90. The number of hydrogen-bond acceptors (Lipinski definition) is 5. The Bertz CT molecular complexity index is 977. The van der Waals surface area contributed by atoms with E-state index in [1.165, 1.54) is 6.07 Å². The molecule has 0 amide bonds. The first-order valence-electron chi connectivity index (χ1n) is 7.62. The van der Waals surface area contributed by atoms with Gasteiger partial charge in [-0.15, -0.1) is 0 Å². The van der Waals surface area contributed by atoms with E-state index in [-0.39, 0.29) is 5.69 Å². The number of aromatic nitrogens is 3. The second kappa shape index (κ2) is 6.66. The summed E-state index contributed by atoms with van der Waals surface area (Å²) in [5.41, 5.74) is 4.06. The first-order chi connectivity index (χ1) is 12.0. The molecule has 2 heterocycles. The third-order valence-corrected chi connectivity index (χ3v) is 5.10. The average molecular weight is 356 g/mol. The minimum atomic E-state index is -0.668. The highest BCUT2D eigenvalue weighted by atomic mass is 31.1.